The third-order valence-corrected chi connectivity index (χ3v) is 4.17. The van der Waals surface area contributed by atoms with Crippen LogP contribution in [-0.4, -0.2) is 18.3 Å². The molecule has 0 aromatic carbocycles. The lowest BCUT2D eigenvalue weighted by atomic mass is 9.53. The molecule has 0 radical (unpaired) electrons. The number of rotatable bonds is 4. The van der Waals surface area contributed by atoms with Crippen LogP contribution in [-0.2, 0) is 9.45 Å². The van der Waals surface area contributed by atoms with Crippen molar-refractivity contribution in [1.29, 1.82) is 0 Å². The molecule has 0 saturated carbocycles. The highest BCUT2D eigenvalue weighted by atomic mass is 16.5. The average Bonchev–Trinajstić information content (AvgIpc) is 2.42. The molecule has 1 rings (SSSR count). The van der Waals surface area contributed by atoms with Gasteiger partial charge in [-0.1, -0.05) is 45.3 Å². The Kier molecular flexibility index (Phi) is 4.84. The van der Waals surface area contributed by atoms with Crippen molar-refractivity contribution in [1.82, 2.24) is 0 Å². The number of carbonyl (C=O) groups excluding carboxylic acids is 1. The molecule has 3 heteroatoms. The fourth-order valence-corrected chi connectivity index (χ4v) is 2.32. The van der Waals surface area contributed by atoms with Crippen molar-refractivity contribution in [2.75, 3.05) is 0 Å². The van der Waals surface area contributed by atoms with Crippen LogP contribution in [0.25, 0.3) is 0 Å². The van der Waals surface area contributed by atoms with Gasteiger partial charge in [0.15, 0.2) is 5.78 Å². The van der Waals surface area contributed by atoms with Crippen LogP contribution < -0.4 is 0 Å². The third kappa shape index (κ3) is 4.07. The molecule has 1 aliphatic heterocycles. The fourth-order valence-electron chi connectivity index (χ4n) is 2.32. The number of hydrogen-bond acceptors (Lipinski definition) is 2. The summed E-state index contributed by atoms with van der Waals surface area (Å²) in [6.45, 7) is 14.7. The summed E-state index contributed by atoms with van der Waals surface area (Å²) in [5.74, 6) is 0.521. The van der Waals surface area contributed by atoms with Crippen molar-refractivity contribution in [3.8, 4) is 0 Å². The summed E-state index contributed by atoms with van der Waals surface area (Å²) < 4.78 is 6.23. The molecule has 0 spiro atoms. The summed E-state index contributed by atoms with van der Waals surface area (Å²) >= 11 is 0. The van der Waals surface area contributed by atoms with Gasteiger partial charge in [-0.15, -0.1) is 0 Å². The van der Waals surface area contributed by atoms with E-state index in [1.165, 1.54) is 0 Å². The van der Waals surface area contributed by atoms with Gasteiger partial charge >= 0.3 is 6.92 Å². The van der Waals surface area contributed by atoms with E-state index >= 15 is 0 Å². The molecule has 1 aliphatic rings. The molecule has 0 aromatic heterocycles. The Hall–Kier alpha value is -0.825. The van der Waals surface area contributed by atoms with Gasteiger partial charge in [-0.2, -0.15) is 0 Å². The van der Waals surface area contributed by atoms with Gasteiger partial charge in [0, 0.05) is 0 Å². The van der Waals surface area contributed by atoms with E-state index in [1.54, 1.807) is 13.0 Å². The Balaban J connectivity index is 3.00. The van der Waals surface area contributed by atoms with Crippen molar-refractivity contribution < 1.29 is 9.45 Å². The lowest BCUT2D eigenvalue weighted by molar-refractivity contribution is -0.112. The SMILES string of the molecule is CC(=O)/C=C\C(=CC(C)C)B1CC(C)(C)C(C)(C)O1. The monoisotopic (exact) mass is 262 g/mol. The molecule has 0 aromatic rings. The molecule has 0 unspecified atom stereocenters. The topological polar surface area (TPSA) is 26.3 Å². The van der Waals surface area contributed by atoms with Crippen molar-refractivity contribution in [3.63, 3.8) is 0 Å². The second-order valence-corrected chi connectivity index (χ2v) is 7.06. The van der Waals surface area contributed by atoms with Crippen LogP contribution in [0, 0.1) is 11.3 Å². The maximum Gasteiger partial charge on any atom is 0.327 e. The molecule has 1 fully saturated rings. The molecular weight excluding hydrogens is 235 g/mol. The first-order valence-corrected chi connectivity index (χ1v) is 7.13. The Morgan fingerprint density at radius 2 is 1.79 bits per heavy atom. The summed E-state index contributed by atoms with van der Waals surface area (Å²) in [6.07, 6.45) is 6.74. The number of carbonyl (C=O) groups is 1. The zero-order valence-electron chi connectivity index (χ0n) is 13.4. The first kappa shape index (κ1) is 16.2. The van der Waals surface area contributed by atoms with E-state index in [-0.39, 0.29) is 23.7 Å². The maximum atomic E-state index is 11.1. The molecule has 19 heavy (non-hydrogen) atoms. The minimum atomic E-state index is -0.141. The number of allylic oxidation sites excluding steroid dienone is 4. The highest BCUT2D eigenvalue weighted by Crippen LogP contribution is 2.46. The smallest absolute Gasteiger partial charge is 0.327 e. The lowest BCUT2D eigenvalue weighted by Gasteiger charge is -2.34. The summed E-state index contributed by atoms with van der Waals surface area (Å²) in [6, 6.07) is 0. The number of hydrogen-bond donors (Lipinski definition) is 0. The maximum absolute atomic E-state index is 11.1. The van der Waals surface area contributed by atoms with E-state index in [1.807, 2.05) is 6.08 Å². The Morgan fingerprint density at radius 3 is 2.16 bits per heavy atom. The molecule has 0 N–H and O–H groups in total. The summed E-state index contributed by atoms with van der Waals surface area (Å²) in [5.41, 5.74) is 1.12. The van der Waals surface area contributed by atoms with Gasteiger partial charge < -0.3 is 4.65 Å². The highest BCUT2D eigenvalue weighted by molar-refractivity contribution is 6.62. The van der Waals surface area contributed by atoms with Crippen LogP contribution in [0.5, 0.6) is 0 Å². The Morgan fingerprint density at radius 1 is 1.21 bits per heavy atom. The predicted molar refractivity (Wildman–Crippen MR) is 82.2 cm³/mol. The molecular formula is C16H27BO2. The molecule has 1 saturated heterocycles. The third-order valence-electron chi connectivity index (χ3n) is 4.17. The minimum absolute atomic E-state index is 0.0752. The normalized spacial score (nSPS) is 22.5. The van der Waals surface area contributed by atoms with Gasteiger partial charge in [0.1, 0.15) is 0 Å². The van der Waals surface area contributed by atoms with Crippen LogP contribution in [0.1, 0.15) is 48.5 Å². The van der Waals surface area contributed by atoms with E-state index in [2.05, 4.69) is 47.6 Å². The van der Waals surface area contributed by atoms with E-state index in [0.717, 1.165) is 11.8 Å². The second kappa shape index (κ2) is 5.66. The fraction of sp³-hybridized carbons (Fsp3) is 0.688. The standard InChI is InChI=1S/C16H27BO2/c1-12(2)10-14(9-8-13(3)18)17-11-15(4,5)16(6,7)19-17/h8-10,12H,11H2,1-7H3/b9-8-,14-10?. The summed E-state index contributed by atoms with van der Waals surface area (Å²) in [4.78, 5) is 11.1. The Labute approximate surface area is 118 Å². The highest BCUT2D eigenvalue weighted by Gasteiger charge is 2.50. The Bertz CT molecular complexity index is 387. The molecule has 2 nitrogen and oxygen atoms in total. The van der Waals surface area contributed by atoms with Gasteiger partial charge in [0.05, 0.1) is 5.60 Å². The van der Waals surface area contributed by atoms with Crippen molar-refractivity contribution >= 4 is 12.7 Å². The quantitative estimate of drug-likeness (QED) is 0.433. The number of ketones is 1. The summed E-state index contributed by atoms with van der Waals surface area (Å²) in [5, 5.41) is 0. The lowest BCUT2D eigenvalue weighted by Crippen LogP contribution is -2.34. The summed E-state index contributed by atoms with van der Waals surface area (Å²) in [7, 11) is 0. The van der Waals surface area contributed by atoms with Gasteiger partial charge in [-0.25, -0.2) is 0 Å². The first-order valence-electron chi connectivity index (χ1n) is 7.13. The molecule has 1 heterocycles. The van der Waals surface area contributed by atoms with Crippen molar-refractivity contribution in [3.05, 3.63) is 23.7 Å². The zero-order chi connectivity index (χ0) is 14.8. The average molecular weight is 262 g/mol. The van der Waals surface area contributed by atoms with E-state index in [4.69, 9.17) is 4.65 Å². The van der Waals surface area contributed by atoms with Crippen molar-refractivity contribution in [2.45, 2.75) is 60.4 Å². The van der Waals surface area contributed by atoms with Crippen LogP contribution in [0.3, 0.4) is 0 Å². The molecule has 0 amide bonds. The second-order valence-electron chi connectivity index (χ2n) is 7.06. The molecule has 106 valence electrons. The molecule has 0 atom stereocenters. The van der Waals surface area contributed by atoms with Crippen LogP contribution in [0.4, 0.5) is 0 Å². The van der Waals surface area contributed by atoms with E-state index in [0.29, 0.717) is 5.92 Å². The van der Waals surface area contributed by atoms with Gasteiger partial charge in [0.2, 0.25) is 0 Å². The van der Waals surface area contributed by atoms with Gasteiger partial charge in [-0.05, 0) is 44.5 Å². The van der Waals surface area contributed by atoms with Crippen LogP contribution in [0.2, 0.25) is 6.32 Å². The first-order chi connectivity index (χ1) is 8.55. The molecule has 0 aliphatic carbocycles. The van der Waals surface area contributed by atoms with Crippen LogP contribution >= 0.6 is 0 Å². The predicted octanol–water partition coefficient (Wildman–Crippen LogP) is 4.08. The zero-order valence-corrected chi connectivity index (χ0v) is 13.4. The van der Waals surface area contributed by atoms with E-state index in [9.17, 15) is 4.79 Å². The van der Waals surface area contributed by atoms with Gasteiger partial charge in [0.25, 0.3) is 0 Å². The van der Waals surface area contributed by atoms with E-state index < -0.39 is 0 Å². The van der Waals surface area contributed by atoms with Crippen LogP contribution in [0.15, 0.2) is 23.7 Å². The minimum Gasteiger partial charge on any atom is -0.426 e. The largest absolute Gasteiger partial charge is 0.426 e. The van der Waals surface area contributed by atoms with Crippen molar-refractivity contribution in [2.24, 2.45) is 11.3 Å². The van der Waals surface area contributed by atoms with Gasteiger partial charge in [-0.3, -0.25) is 4.79 Å². The molecule has 0 bridgehead atoms.